The first-order valence-electron chi connectivity index (χ1n) is 11.5. The van der Waals surface area contributed by atoms with Gasteiger partial charge in [-0.05, 0) is 37.3 Å². The van der Waals surface area contributed by atoms with Crippen LogP contribution in [0.25, 0.3) is 0 Å². The van der Waals surface area contributed by atoms with Crippen molar-refractivity contribution in [3.63, 3.8) is 0 Å². The minimum Gasteiger partial charge on any atom is -0.357 e. The van der Waals surface area contributed by atoms with Crippen LogP contribution in [0.4, 0.5) is 0 Å². The molecule has 2 amide bonds. The van der Waals surface area contributed by atoms with Crippen LogP contribution < -0.4 is 10.6 Å². The number of rotatable bonds is 8. The molecule has 3 rings (SSSR count). The predicted octanol–water partition coefficient (Wildman–Crippen LogP) is 3.13. The van der Waals surface area contributed by atoms with E-state index in [1.807, 2.05) is 38.1 Å². The average molecular weight is 556 g/mol. The third-order valence-corrected chi connectivity index (χ3v) is 6.42. The average Bonchev–Trinajstić information content (AvgIpc) is 3.40. The number of nitrogens with zero attached hydrogens (tertiary/aromatic N) is 3. The lowest BCUT2D eigenvalue weighted by atomic mass is 9.84. The number of aliphatic imine (C=N–C) groups is 1. The first-order chi connectivity index (χ1) is 14.9. The number of carbonyl (C=O) groups is 2. The number of amides is 2. The molecule has 0 atom stereocenters. The molecule has 0 radical (unpaired) electrons. The Morgan fingerprint density at radius 2 is 1.81 bits per heavy atom. The summed E-state index contributed by atoms with van der Waals surface area (Å²) in [6.45, 7) is 5.41. The fourth-order valence-electron chi connectivity index (χ4n) is 4.69. The van der Waals surface area contributed by atoms with Gasteiger partial charge in [0.1, 0.15) is 0 Å². The van der Waals surface area contributed by atoms with Crippen molar-refractivity contribution in [2.24, 2.45) is 10.4 Å². The molecule has 2 aliphatic rings. The number of nitrogens with one attached hydrogen (secondary N) is 2. The van der Waals surface area contributed by atoms with E-state index in [0.717, 1.165) is 62.3 Å². The molecular weight excluding hydrogens is 517 g/mol. The first kappa shape index (κ1) is 26.4. The first-order valence-corrected chi connectivity index (χ1v) is 11.5. The van der Waals surface area contributed by atoms with Crippen molar-refractivity contribution in [2.75, 3.05) is 33.7 Å². The quantitative estimate of drug-likeness (QED) is 0.294. The maximum atomic E-state index is 12.8. The summed E-state index contributed by atoms with van der Waals surface area (Å²) in [6, 6.07) is 8.20. The molecule has 1 saturated heterocycles. The third-order valence-electron chi connectivity index (χ3n) is 6.42. The van der Waals surface area contributed by atoms with E-state index >= 15 is 0 Å². The van der Waals surface area contributed by atoms with E-state index in [0.29, 0.717) is 26.1 Å². The summed E-state index contributed by atoms with van der Waals surface area (Å²) < 4.78 is 0. The van der Waals surface area contributed by atoms with Crippen LogP contribution in [0.1, 0.15) is 56.6 Å². The number of carbonyl (C=O) groups excluding carboxylic acids is 2. The van der Waals surface area contributed by atoms with Crippen LogP contribution in [0.15, 0.2) is 29.3 Å². The van der Waals surface area contributed by atoms with Crippen LogP contribution in [-0.2, 0) is 22.7 Å². The molecule has 0 aromatic heterocycles. The standard InChI is InChI=1S/C24H37N5O2.HI/c1-4-25-23(27-18-24(13-7-8-14-24)22(31)28(2)3)26-16-19-10-5-6-11-20(19)17-29-15-9-12-21(29)30;/h5-6,10-11H,4,7-9,12-18H2,1-3H3,(H2,25,26,27);1H. The van der Waals surface area contributed by atoms with Crippen molar-refractivity contribution in [1.82, 2.24) is 20.4 Å². The lowest BCUT2D eigenvalue weighted by molar-refractivity contribution is -0.138. The van der Waals surface area contributed by atoms with E-state index in [9.17, 15) is 9.59 Å². The smallest absolute Gasteiger partial charge is 0.230 e. The predicted molar refractivity (Wildman–Crippen MR) is 139 cm³/mol. The van der Waals surface area contributed by atoms with Crippen molar-refractivity contribution < 1.29 is 9.59 Å². The number of hydrogen-bond donors (Lipinski definition) is 2. The highest BCUT2D eigenvalue weighted by Gasteiger charge is 2.42. The molecule has 32 heavy (non-hydrogen) atoms. The van der Waals surface area contributed by atoms with Crippen LogP contribution in [0, 0.1) is 5.41 Å². The second-order valence-corrected chi connectivity index (χ2v) is 8.92. The van der Waals surface area contributed by atoms with Gasteiger partial charge >= 0.3 is 0 Å². The fraction of sp³-hybridized carbons (Fsp3) is 0.625. The molecule has 1 saturated carbocycles. The van der Waals surface area contributed by atoms with E-state index in [4.69, 9.17) is 4.99 Å². The number of hydrogen-bond acceptors (Lipinski definition) is 3. The van der Waals surface area contributed by atoms with Crippen molar-refractivity contribution >= 4 is 41.8 Å². The Labute approximate surface area is 209 Å². The van der Waals surface area contributed by atoms with Gasteiger partial charge in [0.05, 0.1) is 12.0 Å². The largest absolute Gasteiger partial charge is 0.357 e. The highest BCUT2D eigenvalue weighted by molar-refractivity contribution is 14.0. The number of benzene rings is 1. The monoisotopic (exact) mass is 555 g/mol. The Morgan fingerprint density at radius 3 is 2.41 bits per heavy atom. The summed E-state index contributed by atoms with van der Waals surface area (Å²) in [5.74, 6) is 1.17. The maximum absolute atomic E-state index is 12.8. The Kier molecular flexibility index (Phi) is 10.2. The van der Waals surface area contributed by atoms with E-state index in [1.165, 1.54) is 0 Å². The fourth-order valence-corrected chi connectivity index (χ4v) is 4.69. The van der Waals surface area contributed by atoms with Crippen molar-refractivity contribution in [3.05, 3.63) is 35.4 Å². The van der Waals surface area contributed by atoms with Gasteiger partial charge < -0.3 is 20.4 Å². The topological polar surface area (TPSA) is 77.0 Å². The molecule has 0 unspecified atom stereocenters. The van der Waals surface area contributed by atoms with Crippen LogP contribution in [0.3, 0.4) is 0 Å². The summed E-state index contributed by atoms with van der Waals surface area (Å²) in [4.78, 5) is 33.3. The lowest BCUT2D eigenvalue weighted by Crippen LogP contribution is -2.49. The summed E-state index contributed by atoms with van der Waals surface area (Å²) >= 11 is 0. The van der Waals surface area contributed by atoms with Gasteiger partial charge in [0.15, 0.2) is 5.96 Å². The number of halogens is 1. The molecule has 7 nitrogen and oxygen atoms in total. The minimum atomic E-state index is -0.340. The van der Waals surface area contributed by atoms with Gasteiger partial charge in [0.2, 0.25) is 11.8 Å². The van der Waals surface area contributed by atoms with Crippen LogP contribution in [0.2, 0.25) is 0 Å². The maximum Gasteiger partial charge on any atom is 0.230 e. The molecule has 178 valence electrons. The van der Waals surface area contributed by atoms with E-state index in [1.54, 1.807) is 4.90 Å². The molecule has 8 heteroatoms. The summed E-state index contributed by atoms with van der Waals surface area (Å²) in [5, 5.41) is 6.75. The van der Waals surface area contributed by atoms with E-state index in [-0.39, 0.29) is 41.2 Å². The van der Waals surface area contributed by atoms with Gasteiger partial charge in [0.25, 0.3) is 0 Å². The zero-order valence-corrected chi connectivity index (χ0v) is 22.0. The van der Waals surface area contributed by atoms with Crippen LogP contribution in [-0.4, -0.2) is 61.3 Å². The van der Waals surface area contributed by atoms with Gasteiger partial charge in [0, 0.05) is 46.7 Å². The number of likely N-dealkylation sites (tertiary alicyclic amines) is 1. The van der Waals surface area contributed by atoms with E-state index in [2.05, 4.69) is 22.8 Å². The molecule has 2 N–H and O–H groups in total. The molecule has 0 bridgehead atoms. The molecule has 1 aromatic rings. The molecule has 0 spiro atoms. The van der Waals surface area contributed by atoms with E-state index < -0.39 is 0 Å². The van der Waals surface area contributed by atoms with Gasteiger partial charge in [-0.3, -0.25) is 9.59 Å². The summed E-state index contributed by atoms with van der Waals surface area (Å²) in [5.41, 5.74) is 1.93. The minimum absolute atomic E-state index is 0. The van der Waals surface area contributed by atoms with Gasteiger partial charge in [-0.1, -0.05) is 37.1 Å². The Bertz CT molecular complexity index is 805. The Hall–Kier alpha value is -1.84. The molecule has 1 heterocycles. The summed E-state index contributed by atoms with van der Waals surface area (Å²) in [7, 11) is 3.67. The molecule has 2 fully saturated rings. The second kappa shape index (κ2) is 12.4. The third kappa shape index (κ3) is 6.59. The molecule has 1 aromatic carbocycles. The number of guanidine groups is 1. The highest BCUT2D eigenvalue weighted by atomic mass is 127. The normalized spacial score (nSPS) is 17.8. The second-order valence-electron chi connectivity index (χ2n) is 8.92. The zero-order valence-electron chi connectivity index (χ0n) is 19.7. The van der Waals surface area contributed by atoms with Crippen LogP contribution >= 0.6 is 24.0 Å². The molecule has 1 aliphatic carbocycles. The van der Waals surface area contributed by atoms with Crippen molar-refractivity contribution in [1.29, 1.82) is 0 Å². The van der Waals surface area contributed by atoms with Crippen LogP contribution in [0.5, 0.6) is 0 Å². The zero-order chi connectivity index (χ0) is 22.3. The SMILES string of the molecule is CCNC(=NCc1ccccc1CN1CCCC1=O)NCC1(C(=O)N(C)C)CCCC1.I. The van der Waals surface area contributed by atoms with Gasteiger partial charge in [-0.25, -0.2) is 4.99 Å². The summed E-state index contributed by atoms with van der Waals surface area (Å²) in [6.07, 6.45) is 5.63. The Morgan fingerprint density at radius 1 is 1.12 bits per heavy atom. The highest BCUT2D eigenvalue weighted by Crippen LogP contribution is 2.38. The van der Waals surface area contributed by atoms with Gasteiger partial charge in [-0.2, -0.15) is 0 Å². The Balaban J connectivity index is 0.00000363. The lowest BCUT2D eigenvalue weighted by Gasteiger charge is -2.31. The molecule has 1 aliphatic heterocycles. The van der Waals surface area contributed by atoms with Crippen molar-refractivity contribution in [2.45, 2.75) is 58.5 Å². The molecular formula is C24H38IN5O2. The van der Waals surface area contributed by atoms with Gasteiger partial charge in [-0.15, -0.1) is 24.0 Å². The van der Waals surface area contributed by atoms with Crippen molar-refractivity contribution in [3.8, 4) is 0 Å².